The van der Waals surface area contributed by atoms with Gasteiger partial charge in [-0.3, -0.25) is 0 Å². The molecule has 64 valence electrons. The zero-order chi connectivity index (χ0) is 8.77. The third-order valence-electron chi connectivity index (χ3n) is 2.51. The first-order valence-corrected chi connectivity index (χ1v) is 4.18. The van der Waals surface area contributed by atoms with E-state index in [0.717, 1.165) is 6.42 Å². The first-order chi connectivity index (χ1) is 5.60. The van der Waals surface area contributed by atoms with E-state index in [2.05, 4.69) is 18.3 Å². The number of nitrogens with one attached hydrogen (secondary N) is 1. The van der Waals surface area contributed by atoms with Gasteiger partial charge >= 0.3 is 0 Å². The van der Waals surface area contributed by atoms with Crippen LogP contribution in [0.2, 0.25) is 0 Å². The van der Waals surface area contributed by atoms with E-state index in [1.54, 1.807) is 0 Å². The average Bonchev–Trinajstić information content (AvgIpc) is 2.24. The lowest BCUT2D eigenvalue weighted by Gasteiger charge is -2.29. The van der Waals surface area contributed by atoms with Gasteiger partial charge in [0.2, 0.25) is 0 Å². The molecule has 0 fully saturated rings. The summed E-state index contributed by atoms with van der Waals surface area (Å²) in [5, 5.41) is 12.7. The minimum atomic E-state index is 0.0241. The Morgan fingerprint density at radius 2 is 2.25 bits per heavy atom. The number of rotatable bonds is 0. The molecule has 2 aliphatic rings. The van der Waals surface area contributed by atoms with Crippen LogP contribution in [0.4, 0.5) is 0 Å². The topological polar surface area (TPSA) is 32.3 Å². The lowest BCUT2D eigenvalue weighted by molar-refractivity contribution is 0.404. The van der Waals surface area contributed by atoms with Crippen LogP contribution in [0.25, 0.3) is 0 Å². The lowest BCUT2D eigenvalue weighted by atomic mass is 9.86. The quantitative estimate of drug-likeness (QED) is 0.572. The Kier molecular flexibility index (Phi) is 1.34. The van der Waals surface area contributed by atoms with Gasteiger partial charge in [-0.15, -0.1) is 0 Å². The van der Waals surface area contributed by atoms with Crippen molar-refractivity contribution in [3.8, 4) is 0 Å². The molecule has 0 amide bonds. The Hall–Kier alpha value is -1.18. The predicted octanol–water partition coefficient (Wildman–Crippen LogP) is 2.02. The van der Waals surface area contributed by atoms with Crippen molar-refractivity contribution in [2.24, 2.45) is 0 Å². The Morgan fingerprint density at radius 1 is 1.50 bits per heavy atom. The van der Waals surface area contributed by atoms with Crippen LogP contribution in [0.5, 0.6) is 0 Å². The molecule has 0 aromatic rings. The van der Waals surface area contributed by atoms with Gasteiger partial charge in [0.1, 0.15) is 5.76 Å². The summed E-state index contributed by atoms with van der Waals surface area (Å²) in [5.74, 6) is 0.384. The molecule has 1 atom stereocenters. The van der Waals surface area contributed by atoms with E-state index >= 15 is 0 Å². The van der Waals surface area contributed by atoms with E-state index < -0.39 is 0 Å². The average molecular weight is 163 g/mol. The second-order valence-electron chi connectivity index (χ2n) is 3.72. The van der Waals surface area contributed by atoms with Crippen molar-refractivity contribution in [2.45, 2.75) is 25.8 Å². The molecule has 1 aliphatic heterocycles. The SMILES string of the molecule is CC1=CC2=CC(O)=CCC2(C)N1. The lowest BCUT2D eigenvalue weighted by Crippen LogP contribution is -2.38. The largest absolute Gasteiger partial charge is 0.508 e. The number of aliphatic hydroxyl groups excluding tert-OH is 1. The molecule has 0 saturated heterocycles. The summed E-state index contributed by atoms with van der Waals surface area (Å²) >= 11 is 0. The minimum Gasteiger partial charge on any atom is -0.508 e. The summed E-state index contributed by atoms with van der Waals surface area (Å²) in [6.45, 7) is 4.19. The molecule has 0 saturated carbocycles. The van der Waals surface area contributed by atoms with E-state index in [1.807, 2.05) is 19.1 Å². The number of aliphatic hydroxyl groups is 1. The zero-order valence-corrected chi connectivity index (χ0v) is 7.39. The van der Waals surface area contributed by atoms with Crippen molar-refractivity contribution in [3.63, 3.8) is 0 Å². The van der Waals surface area contributed by atoms with Crippen molar-refractivity contribution >= 4 is 0 Å². The first-order valence-electron chi connectivity index (χ1n) is 4.18. The molecule has 1 heterocycles. The van der Waals surface area contributed by atoms with E-state index in [0.29, 0.717) is 5.76 Å². The van der Waals surface area contributed by atoms with Gasteiger partial charge in [0.05, 0.1) is 5.54 Å². The van der Waals surface area contributed by atoms with Gasteiger partial charge in [-0.05, 0) is 44.1 Å². The van der Waals surface area contributed by atoms with Gasteiger partial charge in [-0.2, -0.15) is 0 Å². The van der Waals surface area contributed by atoms with E-state index in [1.165, 1.54) is 11.3 Å². The maximum Gasteiger partial charge on any atom is 0.112 e. The van der Waals surface area contributed by atoms with Gasteiger partial charge in [-0.1, -0.05) is 0 Å². The fourth-order valence-electron chi connectivity index (χ4n) is 1.83. The number of allylic oxidation sites excluding steroid dienone is 2. The summed E-state index contributed by atoms with van der Waals surface area (Å²) in [4.78, 5) is 0. The van der Waals surface area contributed by atoms with Crippen molar-refractivity contribution in [2.75, 3.05) is 0 Å². The summed E-state index contributed by atoms with van der Waals surface area (Å²) in [6, 6.07) is 0. The molecule has 1 unspecified atom stereocenters. The molecule has 0 radical (unpaired) electrons. The minimum absolute atomic E-state index is 0.0241. The van der Waals surface area contributed by atoms with Crippen LogP contribution in [-0.2, 0) is 0 Å². The molecule has 0 bridgehead atoms. The molecule has 0 aromatic heterocycles. The molecule has 2 rings (SSSR count). The van der Waals surface area contributed by atoms with E-state index in [9.17, 15) is 5.11 Å². The molecule has 0 aromatic carbocycles. The molecule has 12 heavy (non-hydrogen) atoms. The van der Waals surface area contributed by atoms with Crippen molar-refractivity contribution < 1.29 is 5.11 Å². The van der Waals surface area contributed by atoms with Crippen molar-refractivity contribution in [1.82, 2.24) is 5.32 Å². The summed E-state index contributed by atoms with van der Waals surface area (Å²) in [6.07, 6.45) is 6.62. The second-order valence-corrected chi connectivity index (χ2v) is 3.72. The van der Waals surface area contributed by atoms with Crippen molar-refractivity contribution in [3.05, 3.63) is 35.3 Å². The highest BCUT2D eigenvalue weighted by atomic mass is 16.3. The number of fused-ring (bicyclic) bond motifs is 1. The third-order valence-corrected chi connectivity index (χ3v) is 2.51. The molecular weight excluding hydrogens is 150 g/mol. The normalized spacial score (nSPS) is 33.0. The van der Waals surface area contributed by atoms with Crippen LogP contribution in [0.15, 0.2) is 35.3 Å². The fourth-order valence-corrected chi connectivity index (χ4v) is 1.83. The number of hydrogen-bond acceptors (Lipinski definition) is 2. The maximum absolute atomic E-state index is 9.28. The van der Waals surface area contributed by atoms with Crippen LogP contribution in [-0.4, -0.2) is 10.6 Å². The first kappa shape index (κ1) is 7.47. The Labute approximate surface area is 72.3 Å². The monoisotopic (exact) mass is 163 g/mol. The van der Waals surface area contributed by atoms with E-state index in [4.69, 9.17) is 0 Å². The second kappa shape index (κ2) is 2.16. The summed E-state index contributed by atoms with van der Waals surface area (Å²) in [7, 11) is 0. The molecule has 2 nitrogen and oxygen atoms in total. The van der Waals surface area contributed by atoms with Crippen LogP contribution in [0, 0.1) is 0 Å². The van der Waals surface area contributed by atoms with Crippen LogP contribution in [0.3, 0.4) is 0 Å². The fraction of sp³-hybridized carbons (Fsp3) is 0.400. The Morgan fingerprint density at radius 3 is 3.00 bits per heavy atom. The van der Waals surface area contributed by atoms with Gasteiger partial charge in [0, 0.05) is 5.70 Å². The maximum atomic E-state index is 9.28. The highest BCUT2D eigenvalue weighted by molar-refractivity contribution is 5.46. The number of hydrogen-bond donors (Lipinski definition) is 2. The van der Waals surface area contributed by atoms with Gasteiger partial charge in [-0.25, -0.2) is 0 Å². The highest BCUT2D eigenvalue weighted by Crippen LogP contribution is 2.33. The van der Waals surface area contributed by atoms with E-state index in [-0.39, 0.29) is 5.54 Å². The highest BCUT2D eigenvalue weighted by Gasteiger charge is 2.33. The summed E-state index contributed by atoms with van der Waals surface area (Å²) in [5.41, 5.74) is 2.38. The third kappa shape index (κ3) is 0.951. The molecule has 2 heteroatoms. The van der Waals surface area contributed by atoms with Crippen LogP contribution in [0.1, 0.15) is 20.3 Å². The Balaban J connectivity index is 2.41. The predicted molar refractivity (Wildman–Crippen MR) is 48.7 cm³/mol. The van der Waals surface area contributed by atoms with Gasteiger partial charge < -0.3 is 10.4 Å². The Bertz CT molecular complexity index is 312. The van der Waals surface area contributed by atoms with Crippen LogP contribution >= 0.6 is 0 Å². The smallest absolute Gasteiger partial charge is 0.112 e. The standard InChI is InChI=1S/C10H13NO/c1-7-5-8-6-9(12)3-4-10(8,2)11-7/h3,5-6,11-12H,4H2,1-2H3. The molecule has 2 N–H and O–H groups in total. The summed E-state index contributed by atoms with van der Waals surface area (Å²) < 4.78 is 0. The van der Waals surface area contributed by atoms with Crippen molar-refractivity contribution in [1.29, 1.82) is 0 Å². The van der Waals surface area contributed by atoms with Crippen LogP contribution < -0.4 is 5.32 Å². The van der Waals surface area contributed by atoms with Gasteiger partial charge in [0.15, 0.2) is 0 Å². The molecule has 1 aliphatic carbocycles. The molecule has 0 spiro atoms. The molecular formula is C10H13NO. The zero-order valence-electron chi connectivity index (χ0n) is 7.39. The van der Waals surface area contributed by atoms with Gasteiger partial charge in [0.25, 0.3) is 0 Å².